The number of rotatable bonds is 3. The maximum Gasteiger partial charge on any atom is 0.351 e. The fourth-order valence-corrected chi connectivity index (χ4v) is 3.48. The van der Waals surface area contributed by atoms with E-state index < -0.39 is 36.8 Å². The molecule has 23 heavy (non-hydrogen) atoms. The lowest BCUT2D eigenvalue weighted by Crippen LogP contribution is -2.36. The number of ether oxygens (including phenoxy) is 1. The summed E-state index contributed by atoms with van der Waals surface area (Å²) in [6.07, 6.45) is -3.45. The van der Waals surface area contributed by atoms with Crippen LogP contribution < -0.4 is 11.4 Å². The highest BCUT2D eigenvalue weighted by Gasteiger charge is 2.44. The molecule has 0 unspecified atom stereocenters. The standard InChI is InChI=1S/C13H14ClN3O5S/c14-8-2-1-7(23-8)5-3-17(13(21)16-11(5)15)12-10(20)9(19)6(4-18)22-12/h1-3,6,9-10,12,18-20H,4H2,(H2,15,16,21)/t6-,9-,10+,12-/m0/s1. The molecule has 0 aliphatic carbocycles. The van der Waals surface area contributed by atoms with Crippen molar-refractivity contribution in [2.45, 2.75) is 24.5 Å². The van der Waals surface area contributed by atoms with E-state index in [0.717, 1.165) is 4.57 Å². The summed E-state index contributed by atoms with van der Waals surface area (Å²) in [5.74, 6) is 0.0245. The van der Waals surface area contributed by atoms with Crippen molar-refractivity contribution in [1.82, 2.24) is 9.55 Å². The van der Waals surface area contributed by atoms with Gasteiger partial charge in [0.1, 0.15) is 24.1 Å². The van der Waals surface area contributed by atoms with Gasteiger partial charge in [0.2, 0.25) is 0 Å². The van der Waals surface area contributed by atoms with Crippen LogP contribution in [0.2, 0.25) is 4.34 Å². The van der Waals surface area contributed by atoms with E-state index in [0.29, 0.717) is 14.8 Å². The van der Waals surface area contributed by atoms with Crippen LogP contribution in [0, 0.1) is 0 Å². The molecule has 3 rings (SSSR count). The first kappa shape index (κ1) is 16.4. The summed E-state index contributed by atoms with van der Waals surface area (Å²) in [4.78, 5) is 16.5. The minimum Gasteiger partial charge on any atom is -0.394 e. The fourth-order valence-electron chi connectivity index (χ4n) is 2.42. The molecule has 10 heteroatoms. The second kappa shape index (κ2) is 6.19. The third-order valence-electron chi connectivity index (χ3n) is 3.61. The first-order valence-electron chi connectivity index (χ1n) is 6.69. The predicted molar refractivity (Wildman–Crippen MR) is 84.2 cm³/mol. The van der Waals surface area contributed by atoms with Crippen molar-refractivity contribution in [3.8, 4) is 10.4 Å². The second-order valence-electron chi connectivity index (χ2n) is 5.06. The SMILES string of the molecule is Nc1nc(=O)n([C@H]2O[C@@H](CO)[C@H](O)[C@H]2O)cc1-c1ccc(Cl)s1. The van der Waals surface area contributed by atoms with Crippen LogP contribution in [0.15, 0.2) is 23.1 Å². The highest BCUT2D eigenvalue weighted by molar-refractivity contribution is 7.19. The van der Waals surface area contributed by atoms with E-state index in [-0.39, 0.29) is 5.82 Å². The molecule has 124 valence electrons. The molecule has 5 N–H and O–H groups in total. The van der Waals surface area contributed by atoms with E-state index in [1.54, 1.807) is 12.1 Å². The van der Waals surface area contributed by atoms with Crippen LogP contribution in [0.4, 0.5) is 5.82 Å². The van der Waals surface area contributed by atoms with Crippen LogP contribution >= 0.6 is 22.9 Å². The number of nitrogens with two attached hydrogens (primary N) is 1. The van der Waals surface area contributed by atoms with Crippen LogP contribution in [0.25, 0.3) is 10.4 Å². The molecule has 1 aliphatic heterocycles. The Hall–Kier alpha value is -1.49. The molecular formula is C13H14ClN3O5S. The number of aromatic nitrogens is 2. The monoisotopic (exact) mass is 359 g/mol. The van der Waals surface area contributed by atoms with Gasteiger partial charge >= 0.3 is 5.69 Å². The number of anilines is 1. The van der Waals surface area contributed by atoms with Crippen molar-refractivity contribution < 1.29 is 20.1 Å². The van der Waals surface area contributed by atoms with E-state index in [1.807, 2.05) is 0 Å². The highest BCUT2D eigenvalue weighted by Crippen LogP contribution is 2.34. The Morgan fingerprint density at radius 2 is 2.13 bits per heavy atom. The van der Waals surface area contributed by atoms with E-state index in [4.69, 9.17) is 27.2 Å². The molecule has 0 bridgehead atoms. The summed E-state index contributed by atoms with van der Waals surface area (Å²) in [7, 11) is 0. The number of halogens is 1. The molecule has 2 aromatic heterocycles. The van der Waals surface area contributed by atoms with Crippen molar-refractivity contribution in [3.05, 3.63) is 33.2 Å². The molecule has 0 radical (unpaired) electrons. The van der Waals surface area contributed by atoms with Gasteiger partial charge in [-0.25, -0.2) is 4.79 Å². The number of nitrogen functional groups attached to an aromatic ring is 1. The van der Waals surface area contributed by atoms with E-state index in [1.165, 1.54) is 17.5 Å². The predicted octanol–water partition coefficient (Wildman–Crippen LogP) is -0.181. The van der Waals surface area contributed by atoms with Gasteiger partial charge in [-0.05, 0) is 12.1 Å². The molecular weight excluding hydrogens is 346 g/mol. The molecule has 0 spiro atoms. The zero-order valence-electron chi connectivity index (χ0n) is 11.7. The Morgan fingerprint density at radius 3 is 2.70 bits per heavy atom. The maximum atomic E-state index is 12.1. The third-order valence-corrected chi connectivity index (χ3v) is 4.88. The first-order chi connectivity index (χ1) is 10.9. The maximum absolute atomic E-state index is 12.1. The number of aliphatic hydroxyl groups excluding tert-OH is 3. The lowest BCUT2D eigenvalue weighted by Gasteiger charge is -2.18. The van der Waals surface area contributed by atoms with Crippen LogP contribution in [0.3, 0.4) is 0 Å². The minimum absolute atomic E-state index is 0.0245. The van der Waals surface area contributed by atoms with Crippen molar-refractivity contribution in [2.24, 2.45) is 0 Å². The number of thiophene rings is 1. The summed E-state index contributed by atoms with van der Waals surface area (Å²) < 4.78 is 6.94. The van der Waals surface area contributed by atoms with Crippen LogP contribution in [-0.2, 0) is 4.74 Å². The van der Waals surface area contributed by atoms with Gasteiger partial charge < -0.3 is 25.8 Å². The number of nitrogens with zero attached hydrogens (tertiary/aromatic N) is 2. The largest absolute Gasteiger partial charge is 0.394 e. The molecule has 3 heterocycles. The first-order valence-corrected chi connectivity index (χ1v) is 7.88. The lowest BCUT2D eigenvalue weighted by molar-refractivity contribution is -0.0548. The summed E-state index contributed by atoms with van der Waals surface area (Å²) in [5.41, 5.74) is 5.52. The zero-order chi connectivity index (χ0) is 16.7. The smallest absolute Gasteiger partial charge is 0.351 e. The third kappa shape index (κ3) is 2.87. The number of hydrogen-bond acceptors (Lipinski definition) is 8. The van der Waals surface area contributed by atoms with E-state index in [9.17, 15) is 15.0 Å². The van der Waals surface area contributed by atoms with Crippen molar-refractivity contribution in [3.63, 3.8) is 0 Å². The average molecular weight is 360 g/mol. The van der Waals surface area contributed by atoms with Crippen LogP contribution in [0.1, 0.15) is 6.23 Å². The van der Waals surface area contributed by atoms with Gasteiger partial charge in [-0.15, -0.1) is 11.3 Å². The molecule has 2 aromatic rings. The van der Waals surface area contributed by atoms with Crippen molar-refractivity contribution in [1.29, 1.82) is 0 Å². The minimum atomic E-state index is -1.38. The van der Waals surface area contributed by atoms with E-state index in [2.05, 4.69) is 4.98 Å². The highest BCUT2D eigenvalue weighted by atomic mass is 35.5. The number of hydrogen-bond donors (Lipinski definition) is 4. The fraction of sp³-hybridized carbons (Fsp3) is 0.385. The second-order valence-corrected chi connectivity index (χ2v) is 6.78. The van der Waals surface area contributed by atoms with Gasteiger partial charge in [0.15, 0.2) is 6.23 Å². The quantitative estimate of drug-likeness (QED) is 0.597. The summed E-state index contributed by atoms with van der Waals surface area (Å²) in [5, 5.41) is 29.0. The molecule has 1 fully saturated rings. The number of aliphatic hydroxyl groups is 3. The van der Waals surface area contributed by atoms with E-state index >= 15 is 0 Å². The summed E-state index contributed by atoms with van der Waals surface area (Å²) >= 11 is 7.16. The lowest BCUT2D eigenvalue weighted by atomic mass is 10.1. The van der Waals surface area contributed by atoms with Gasteiger partial charge in [0, 0.05) is 11.1 Å². The Labute approximate surface area is 139 Å². The van der Waals surface area contributed by atoms with Gasteiger partial charge in [0.05, 0.1) is 16.5 Å². The molecule has 1 aliphatic rings. The Kier molecular flexibility index (Phi) is 4.41. The molecule has 1 saturated heterocycles. The molecule has 0 saturated carbocycles. The molecule has 8 nitrogen and oxygen atoms in total. The molecule has 0 aromatic carbocycles. The molecule has 4 atom stereocenters. The topological polar surface area (TPSA) is 131 Å². The van der Waals surface area contributed by atoms with Gasteiger partial charge in [-0.2, -0.15) is 4.98 Å². The van der Waals surface area contributed by atoms with Crippen LogP contribution in [0.5, 0.6) is 0 Å². The zero-order valence-corrected chi connectivity index (χ0v) is 13.2. The van der Waals surface area contributed by atoms with Gasteiger partial charge in [-0.1, -0.05) is 11.6 Å². The Bertz CT molecular complexity index is 779. The molecule has 0 amide bonds. The van der Waals surface area contributed by atoms with Crippen molar-refractivity contribution in [2.75, 3.05) is 12.3 Å². The summed E-state index contributed by atoms with van der Waals surface area (Å²) in [6, 6.07) is 3.41. The normalized spacial score (nSPS) is 27.5. The van der Waals surface area contributed by atoms with Gasteiger partial charge in [0.25, 0.3) is 0 Å². The summed E-state index contributed by atoms with van der Waals surface area (Å²) in [6.45, 7) is -0.487. The van der Waals surface area contributed by atoms with Gasteiger partial charge in [-0.3, -0.25) is 4.57 Å². The van der Waals surface area contributed by atoms with Crippen LogP contribution in [-0.4, -0.2) is 49.8 Å². The van der Waals surface area contributed by atoms with Crippen molar-refractivity contribution >= 4 is 28.8 Å². The average Bonchev–Trinajstić information content (AvgIpc) is 3.05. The Morgan fingerprint density at radius 1 is 1.39 bits per heavy atom. The Balaban J connectivity index is 2.05.